The van der Waals surface area contributed by atoms with Gasteiger partial charge in [-0.2, -0.15) is 0 Å². The minimum absolute atomic E-state index is 0.0817. The summed E-state index contributed by atoms with van der Waals surface area (Å²) in [4.78, 5) is 16.8. The molecule has 0 bridgehead atoms. The third kappa shape index (κ3) is 2.74. The lowest BCUT2D eigenvalue weighted by Crippen LogP contribution is -2.36. The van der Waals surface area contributed by atoms with Gasteiger partial charge in [-0.05, 0) is 25.0 Å². The van der Waals surface area contributed by atoms with Crippen LogP contribution in [-0.4, -0.2) is 42.5 Å². The number of carbonyl (C=O) groups is 1. The van der Waals surface area contributed by atoms with Crippen molar-refractivity contribution in [3.8, 4) is 0 Å². The Morgan fingerprint density at radius 1 is 1.43 bits per heavy atom. The van der Waals surface area contributed by atoms with Crippen molar-refractivity contribution >= 4 is 35.0 Å². The van der Waals surface area contributed by atoms with Crippen LogP contribution in [0.3, 0.4) is 0 Å². The van der Waals surface area contributed by atoms with E-state index in [0.29, 0.717) is 29.6 Å². The van der Waals surface area contributed by atoms with Crippen molar-refractivity contribution in [2.75, 3.05) is 13.2 Å². The minimum Gasteiger partial charge on any atom is -0.450 e. The number of carbonyl (C=O) groups excluding carboxylic acids is 1. The van der Waals surface area contributed by atoms with Crippen molar-refractivity contribution in [1.29, 1.82) is 0 Å². The first kappa shape index (κ1) is 15.3. The normalized spacial score (nSPS) is 19.1. The highest BCUT2D eigenvalue weighted by atomic mass is 19.2. The largest absolute Gasteiger partial charge is 0.450 e. The Hall–Kier alpha value is -2.57. The molecule has 0 unspecified atom stereocenters. The molecule has 0 amide bonds. The lowest BCUT2D eigenvalue weighted by molar-refractivity contribution is -0.110. The van der Waals surface area contributed by atoms with Gasteiger partial charge in [-0.15, -0.1) is 0 Å². The van der Waals surface area contributed by atoms with Gasteiger partial charge < -0.3 is 14.1 Å². The molecular weight excluding hydrogens is 304 g/mol. The smallest absolute Gasteiger partial charge is 0.207 e. The lowest BCUT2D eigenvalue weighted by atomic mass is 10.2. The second-order valence-corrected chi connectivity index (χ2v) is 5.19. The zero-order valence-electron chi connectivity index (χ0n) is 12.3. The quantitative estimate of drug-likeness (QED) is 0.493. The number of hydrogen-bond donors (Lipinski definition) is 0. The summed E-state index contributed by atoms with van der Waals surface area (Å²) >= 11 is 0. The standard InChI is InChI=1S/C16H15F2N3O2/c17-7-8-19-14-12-5-1-2-6-13(12)23-15(14)16(20-18)21-9-3-4-11(21)10-22/h1-2,5-6,8,10-11H,3-4,7,9H2/b19-8?,20-16+/t11-/m0/s1. The number of benzene rings is 1. The van der Waals surface area contributed by atoms with Crippen molar-refractivity contribution in [1.82, 2.24) is 4.90 Å². The molecule has 3 rings (SSSR count). The van der Waals surface area contributed by atoms with E-state index in [1.165, 1.54) is 0 Å². The minimum atomic E-state index is -0.748. The molecule has 2 heterocycles. The maximum Gasteiger partial charge on any atom is 0.207 e. The van der Waals surface area contributed by atoms with E-state index < -0.39 is 12.7 Å². The van der Waals surface area contributed by atoms with Crippen molar-refractivity contribution in [3.05, 3.63) is 30.0 Å². The first-order chi connectivity index (χ1) is 11.3. The summed E-state index contributed by atoms with van der Waals surface area (Å²) in [5.74, 6) is 0.0222. The van der Waals surface area contributed by atoms with E-state index in [0.717, 1.165) is 18.9 Å². The number of halogens is 2. The number of amidine groups is 1. The van der Waals surface area contributed by atoms with Crippen molar-refractivity contribution in [3.63, 3.8) is 0 Å². The molecule has 1 fully saturated rings. The molecule has 1 atom stereocenters. The molecule has 0 aliphatic carbocycles. The van der Waals surface area contributed by atoms with E-state index >= 15 is 0 Å². The van der Waals surface area contributed by atoms with Crippen LogP contribution in [0.25, 0.3) is 11.0 Å². The number of likely N-dealkylation sites (tertiary alicyclic amines) is 1. The van der Waals surface area contributed by atoms with Crippen molar-refractivity contribution < 1.29 is 18.1 Å². The van der Waals surface area contributed by atoms with Crippen LogP contribution in [0.1, 0.15) is 18.6 Å². The van der Waals surface area contributed by atoms with Crippen LogP contribution in [0.15, 0.2) is 38.9 Å². The fourth-order valence-corrected chi connectivity index (χ4v) is 2.85. The molecule has 0 spiro atoms. The molecule has 0 N–H and O–H groups in total. The number of fused-ring (bicyclic) bond motifs is 1. The highest BCUT2D eigenvalue weighted by Gasteiger charge is 2.32. The summed E-state index contributed by atoms with van der Waals surface area (Å²) in [6.07, 6.45) is 3.24. The average Bonchev–Trinajstić information content (AvgIpc) is 3.18. The Kier molecular flexibility index (Phi) is 4.45. The van der Waals surface area contributed by atoms with Gasteiger partial charge in [-0.25, -0.2) is 4.39 Å². The molecule has 1 aromatic heterocycles. The van der Waals surface area contributed by atoms with Gasteiger partial charge in [0.15, 0.2) is 5.76 Å². The highest BCUT2D eigenvalue weighted by molar-refractivity contribution is 6.08. The van der Waals surface area contributed by atoms with Crippen LogP contribution in [0.5, 0.6) is 0 Å². The topological polar surface area (TPSA) is 58.2 Å². The van der Waals surface area contributed by atoms with Gasteiger partial charge in [0.1, 0.15) is 24.2 Å². The fraction of sp³-hybridized carbons (Fsp3) is 0.312. The third-order valence-electron chi connectivity index (χ3n) is 3.87. The molecule has 0 radical (unpaired) electrons. The Balaban J connectivity index is 2.13. The molecule has 1 aliphatic heterocycles. The summed E-state index contributed by atoms with van der Waals surface area (Å²) in [5, 5.41) is 3.46. The van der Waals surface area contributed by atoms with Gasteiger partial charge in [0.25, 0.3) is 0 Å². The first-order valence-corrected chi connectivity index (χ1v) is 7.31. The molecule has 120 valence electrons. The van der Waals surface area contributed by atoms with Crippen LogP contribution in [0.4, 0.5) is 14.6 Å². The van der Waals surface area contributed by atoms with Crippen LogP contribution in [0, 0.1) is 0 Å². The number of alkyl halides is 1. The number of aldehydes is 1. The van der Waals surface area contributed by atoms with E-state index in [-0.39, 0.29) is 11.6 Å². The van der Waals surface area contributed by atoms with Crippen molar-refractivity contribution in [2.24, 2.45) is 10.2 Å². The van der Waals surface area contributed by atoms with E-state index in [9.17, 15) is 13.7 Å². The number of aliphatic imine (C=N–C) groups is 1. The van der Waals surface area contributed by atoms with E-state index in [2.05, 4.69) is 10.2 Å². The summed E-state index contributed by atoms with van der Waals surface area (Å²) in [6.45, 7) is -0.253. The van der Waals surface area contributed by atoms with Crippen LogP contribution in [-0.2, 0) is 4.79 Å². The Bertz CT molecular complexity index is 770. The fourth-order valence-electron chi connectivity index (χ4n) is 2.85. The Morgan fingerprint density at radius 3 is 3.00 bits per heavy atom. The number of rotatable bonds is 4. The highest BCUT2D eigenvalue weighted by Crippen LogP contribution is 2.35. The lowest BCUT2D eigenvalue weighted by Gasteiger charge is -2.21. The molecule has 7 heteroatoms. The summed E-state index contributed by atoms with van der Waals surface area (Å²) in [6, 6.07) is 6.58. The molecule has 5 nitrogen and oxygen atoms in total. The maximum absolute atomic E-state index is 13.4. The van der Waals surface area contributed by atoms with E-state index in [4.69, 9.17) is 4.42 Å². The number of nitrogens with zero attached hydrogens (tertiary/aromatic N) is 3. The number of para-hydroxylation sites is 1. The zero-order chi connectivity index (χ0) is 16.2. The predicted molar refractivity (Wildman–Crippen MR) is 83.8 cm³/mol. The second kappa shape index (κ2) is 6.68. The molecule has 23 heavy (non-hydrogen) atoms. The Labute approximate surface area is 131 Å². The zero-order valence-corrected chi connectivity index (χ0v) is 12.3. The third-order valence-corrected chi connectivity index (χ3v) is 3.87. The van der Waals surface area contributed by atoms with Crippen LogP contribution in [0.2, 0.25) is 0 Å². The maximum atomic E-state index is 13.4. The first-order valence-electron chi connectivity index (χ1n) is 7.31. The van der Waals surface area contributed by atoms with Gasteiger partial charge >= 0.3 is 0 Å². The molecular formula is C16H15F2N3O2. The molecule has 1 saturated heterocycles. The van der Waals surface area contributed by atoms with Gasteiger partial charge in [-0.1, -0.05) is 21.8 Å². The van der Waals surface area contributed by atoms with E-state index in [1.54, 1.807) is 29.2 Å². The summed E-state index contributed by atoms with van der Waals surface area (Å²) in [7, 11) is 0. The number of furan rings is 1. The van der Waals surface area contributed by atoms with Gasteiger partial charge in [-0.3, -0.25) is 4.99 Å². The predicted octanol–water partition coefficient (Wildman–Crippen LogP) is 3.40. The van der Waals surface area contributed by atoms with Crippen LogP contribution < -0.4 is 0 Å². The van der Waals surface area contributed by atoms with Crippen LogP contribution >= 0.6 is 0 Å². The SMILES string of the molecule is O=C[C@@H]1CCCN1/C(=N/F)c1oc2ccccc2c1N=CCF. The molecule has 0 saturated carbocycles. The number of hydrogen-bond acceptors (Lipinski definition) is 4. The monoisotopic (exact) mass is 319 g/mol. The van der Waals surface area contributed by atoms with Gasteiger partial charge in [0, 0.05) is 18.1 Å². The van der Waals surface area contributed by atoms with Gasteiger partial charge in [0.2, 0.25) is 5.84 Å². The van der Waals surface area contributed by atoms with Gasteiger partial charge in [0.05, 0.1) is 6.04 Å². The molecule has 2 aromatic rings. The van der Waals surface area contributed by atoms with E-state index in [1.807, 2.05) is 0 Å². The summed E-state index contributed by atoms with van der Waals surface area (Å²) < 4.78 is 31.5. The second-order valence-electron chi connectivity index (χ2n) is 5.19. The molecule has 1 aromatic carbocycles. The molecule has 1 aliphatic rings. The van der Waals surface area contributed by atoms with Crippen molar-refractivity contribution in [2.45, 2.75) is 18.9 Å². The average molecular weight is 319 g/mol. The Morgan fingerprint density at radius 2 is 2.26 bits per heavy atom. The summed E-state index contributed by atoms with van der Waals surface area (Å²) in [5.41, 5.74) is 0.808.